The van der Waals surface area contributed by atoms with Gasteiger partial charge in [0, 0.05) is 26.3 Å². The lowest BCUT2D eigenvalue weighted by atomic mass is 10.1. The predicted molar refractivity (Wildman–Crippen MR) is 132 cm³/mol. The number of halogens is 2. The summed E-state index contributed by atoms with van der Waals surface area (Å²) < 4.78 is 3.87. The molecular weight excluding hydrogens is 566 g/mol. The van der Waals surface area contributed by atoms with E-state index in [4.69, 9.17) is 22.4 Å². The van der Waals surface area contributed by atoms with Crippen LogP contribution in [0.25, 0.3) is 23.0 Å². The van der Waals surface area contributed by atoms with Crippen molar-refractivity contribution < 1.29 is 14.7 Å². The normalized spacial score (nSPS) is 15.2. The quantitative estimate of drug-likeness (QED) is 0.325. The zero-order valence-corrected chi connectivity index (χ0v) is 20.5. The summed E-state index contributed by atoms with van der Waals surface area (Å²) >= 11 is 13.2. The Morgan fingerprint density at radius 3 is 2.32 bits per heavy atom. The highest BCUT2D eigenvalue weighted by Gasteiger charge is 2.33. The van der Waals surface area contributed by atoms with Crippen molar-refractivity contribution in [3.63, 3.8) is 0 Å². The Balaban J connectivity index is 1.79. The molecule has 1 fully saturated rings. The lowest BCUT2D eigenvalue weighted by Gasteiger charge is -2.10. The van der Waals surface area contributed by atoms with E-state index in [1.807, 2.05) is 54.7 Å². The third-order valence-electron chi connectivity index (χ3n) is 4.40. The van der Waals surface area contributed by atoms with Crippen molar-refractivity contribution in [3.05, 3.63) is 74.1 Å². The number of rotatable bonds is 5. The third-order valence-corrected chi connectivity index (χ3v) is 6.84. The number of aromatic nitrogens is 2. The SMILES string of the molecule is O=C(O)CN1C(=O)/C(=C\c2cn(-c3ccc(Br)cc3)nc2-c2ccc(Br)cc2)SC1=S. The standard InChI is InChI=1S/C21H13Br2N3O3S2/c22-14-3-1-12(2-4-14)19-13(10-26(24-19)16-7-5-15(23)6-8-16)9-17-20(29)25(11-18(27)28)21(30)31-17/h1-10H,11H2,(H,27,28)/b17-9+. The monoisotopic (exact) mass is 577 g/mol. The number of nitrogens with zero attached hydrogens (tertiary/aromatic N) is 3. The Morgan fingerprint density at radius 2 is 1.71 bits per heavy atom. The first-order valence-electron chi connectivity index (χ1n) is 8.90. The molecule has 156 valence electrons. The van der Waals surface area contributed by atoms with Crippen LogP contribution >= 0.6 is 55.8 Å². The second-order valence-electron chi connectivity index (χ2n) is 6.52. The maximum Gasteiger partial charge on any atom is 0.323 e. The molecule has 10 heteroatoms. The number of thioether (sulfide) groups is 1. The van der Waals surface area contributed by atoms with Crippen LogP contribution in [0.15, 0.2) is 68.6 Å². The van der Waals surface area contributed by atoms with E-state index >= 15 is 0 Å². The number of hydrogen-bond donors (Lipinski definition) is 1. The molecule has 2 aromatic carbocycles. The summed E-state index contributed by atoms with van der Waals surface area (Å²) in [5, 5.41) is 13.8. The third kappa shape index (κ3) is 4.82. The molecule has 1 aromatic heterocycles. The van der Waals surface area contributed by atoms with Gasteiger partial charge in [-0.1, -0.05) is 68.0 Å². The molecule has 1 amide bonds. The molecule has 2 heterocycles. The fraction of sp³-hybridized carbons (Fsp3) is 0.0476. The highest BCUT2D eigenvalue weighted by Crippen LogP contribution is 2.35. The number of carboxylic acid groups (broad SMARTS) is 1. The van der Waals surface area contributed by atoms with Crippen LogP contribution in [0, 0.1) is 0 Å². The molecular formula is C21H13Br2N3O3S2. The zero-order valence-electron chi connectivity index (χ0n) is 15.7. The second-order valence-corrected chi connectivity index (χ2v) is 10.0. The molecule has 0 radical (unpaired) electrons. The fourth-order valence-corrected chi connectivity index (χ4v) is 4.74. The van der Waals surface area contributed by atoms with Gasteiger partial charge in [0.2, 0.25) is 0 Å². The average molecular weight is 579 g/mol. The van der Waals surface area contributed by atoms with Crippen molar-refractivity contribution in [2.45, 2.75) is 0 Å². The van der Waals surface area contributed by atoms with Gasteiger partial charge >= 0.3 is 5.97 Å². The Labute approximate surface area is 204 Å². The highest BCUT2D eigenvalue weighted by molar-refractivity contribution is 9.10. The average Bonchev–Trinajstić information content (AvgIpc) is 3.26. The van der Waals surface area contributed by atoms with Crippen molar-refractivity contribution in [2.75, 3.05) is 6.54 Å². The van der Waals surface area contributed by atoms with Crippen LogP contribution in [0.5, 0.6) is 0 Å². The summed E-state index contributed by atoms with van der Waals surface area (Å²) in [4.78, 5) is 25.2. The number of carbonyl (C=O) groups is 2. The smallest absolute Gasteiger partial charge is 0.323 e. The van der Waals surface area contributed by atoms with Crippen LogP contribution in [0.1, 0.15) is 5.56 Å². The van der Waals surface area contributed by atoms with E-state index in [0.717, 1.165) is 42.4 Å². The Hall–Kier alpha value is -2.27. The van der Waals surface area contributed by atoms with Crippen LogP contribution in [0.3, 0.4) is 0 Å². The summed E-state index contributed by atoms with van der Waals surface area (Å²) in [7, 11) is 0. The molecule has 4 rings (SSSR count). The van der Waals surface area contributed by atoms with Gasteiger partial charge in [-0.05, 0) is 42.5 Å². The Bertz CT molecular complexity index is 1220. The van der Waals surface area contributed by atoms with Crippen LogP contribution in [-0.4, -0.2) is 42.5 Å². The van der Waals surface area contributed by atoms with E-state index in [0.29, 0.717) is 10.6 Å². The second kappa shape index (κ2) is 9.07. The maximum absolute atomic E-state index is 12.7. The largest absolute Gasteiger partial charge is 0.480 e. The van der Waals surface area contributed by atoms with Crippen molar-refractivity contribution in [1.82, 2.24) is 14.7 Å². The van der Waals surface area contributed by atoms with Gasteiger partial charge in [-0.3, -0.25) is 14.5 Å². The van der Waals surface area contributed by atoms with Crippen molar-refractivity contribution in [2.24, 2.45) is 0 Å². The zero-order chi connectivity index (χ0) is 22.1. The molecule has 0 saturated carbocycles. The van der Waals surface area contributed by atoms with Crippen LogP contribution in [0.4, 0.5) is 0 Å². The number of aliphatic carboxylic acids is 1. The highest BCUT2D eigenvalue weighted by atomic mass is 79.9. The first-order chi connectivity index (χ1) is 14.8. The van der Waals surface area contributed by atoms with E-state index in [9.17, 15) is 9.59 Å². The van der Waals surface area contributed by atoms with Gasteiger partial charge < -0.3 is 5.11 Å². The summed E-state index contributed by atoms with van der Waals surface area (Å²) in [5.74, 6) is -1.54. The van der Waals surface area contributed by atoms with Crippen molar-refractivity contribution in [3.8, 4) is 16.9 Å². The Morgan fingerprint density at radius 1 is 1.10 bits per heavy atom. The van der Waals surface area contributed by atoms with Gasteiger partial charge in [0.25, 0.3) is 5.91 Å². The summed E-state index contributed by atoms with van der Waals surface area (Å²) in [6, 6.07) is 15.4. The van der Waals surface area contributed by atoms with E-state index in [1.54, 1.807) is 10.8 Å². The van der Waals surface area contributed by atoms with Gasteiger partial charge in [0.15, 0.2) is 0 Å². The van der Waals surface area contributed by atoms with E-state index < -0.39 is 18.4 Å². The van der Waals surface area contributed by atoms with E-state index in [2.05, 4.69) is 31.9 Å². The predicted octanol–water partition coefficient (Wildman–Crippen LogP) is 5.35. The lowest BCUT2D eigenvalue weighted by Crippen LogP contribution is -2.33. The number of carboxylic acids is 1. The van der Waals surface area contributed by atoms with Crippen LogP contribution in [0.2, 0.25) is 0 Å². The number of thiocarbonyl (C=S) groups is 1. The van der Waals surface area contributed by atoms with Crippen molar-refractivity contribution >= 4 is 78.1 Å². The molecule has 0 spiro atoms. The van der Waals surface area contributed by atoms with E-state index in [1.165, 1.54) is 0 Å². The topological polar surface area (TPSA) is 75.4 Å². The number of carbonyl (C=O) groups excluding carboxylic acids is 1. The lowest BCUT2D eigenvalue weighted by molar-refractivity contribution is -0.140. The minimum atomic E-state index is -1.11. The van der Waals surface area contributed by atoms with Crippen LogP contribution in [-0.2, 0) is 9.59 Å². The first-order valence-corrected chi connectivity index (χ1v) is 11.7. The summed E-state index contributed by atoms with van der Waals surface area (Å²) in [5.41, 5.74) is 3.16. The van der Waals surface area contributed by atoms with Gasteiger partial charge in [-0.15, -0.1) is 0 Å². The minimum absolute atomic E-state index is 0.226. The minimum Gasteiger partial charge on any atom is -0.480 e. The van der Waals surface area contributed by atoms with Crippen LogP contribution < -0.4 is 0 Å². The molecule has 3 aromatic rings. The molecule has 6 nitrogen and oxygen atoms in total. The van der Waals surface area contributed by atoms with Gasteiger partial charge in [0.05, 0.1) is 16.3 Å². The Kier molecular flexibility index (Phi) is 6.42. The number of benzene rings is 2. The van der Waals surface area contributed by atoms with Gasteiger partial charge in [-0.2, -0.15) is 5.10 Å². The fourth-order valence-electron chi connectivity index (χ4n) is 2.96. The number of hydrogen-bond acceptors (Lipinski definition) is 5. The maximum atomic E-state index is 12.7. The molecule has 0 unspecified atom stereocenters. The molecule has 31 heavy (non-hydrogen) atoms. The molecule has 1 N–H and O–H groups in total. The van der Waals surface area contributed by atoms with Crippen molar-refractivity contribution in [1.29, 1.82) is 0 Å². The van der Waals surface area contributed by atoms with Gasteiger partial charge in [-0.25, -0.2) is 4.68 Å². The van der Waals surface area contributed by atoms with E-state index in [-0.39, 0.29) is 4.32 Å². The molecule has 1 aliphatic rings. The molecule has 0 aliphatic carbocycles. The molecule has 1 aliphatic heterocycles. The summed E-state index contributed by atoms with van der Waals surface area (Å²) in [6.45, 7) is -0.459. The number of amides is 1. The summed E-state index contributed by atoms with van der Waals surface area (Å²) in [6.07, 6.45) is 3.55. The first kappa shape index (κ1) is 21.9. The molecule has 1 saturated heterocycles. The molecule has 0 atom stereocenters. The van der Waals surface area contributed by atoms with Gasteiger partial charge in [0.1, 0.15) is 10.9 Å². The molecule has 0 bridgehead atoms.